The van der Waals surface area contributed by atoms with Crippen LogP contribution in [-0.4, -0.2) is 51.0 Å². The van der Waals surface area contributed by atoms with Crippen molar-refractivity contribution < 1.29 is 0 Å². The van der Waals surface area contributed by atoms with Crippen LogP contribution in [0.5, 0.6) is 0 Å². The molecule has 2 fully saturated rings. The summed E-state index contributed by atoms with van der Waals surface area (Å²) in [7, 11) is 0. The van der Waals surface area contributed by atoms with Crippen LogP contribution in [-0.2, 0) is 6.54 Å². The molecular weight excluding hydrogens is 312 g/mol. The maximum atomic E-state index is 4.79. The molecule has 4 rings (SSSR count). The van der Waals surface area contributed by atoms with Crippen molar-refractivity contribution in [2.75, 3.05) is 31.1 Å². The molecule has 2 aliphatic rings. The Labute approximate surface area is 149 Å². The van der Waals surface area contributed by atoms with Crippen LogP contribution in [0.3, 0.4) is 0 Å². The van der Waals surface area contributed by atoms with Crippen molar-refractivity contribution in [2.45, 2.75) is 45.6 Å². The van der Waals surface area contributed by atoms with E-state index in [9.17, 15) is 0 Å². The molecule has 2 saturated heterocycles. The zero-order valence-electron chi connectivity index (χ0n) is 15.1. The number of hydrogen-bond acceptors (Lipinski definition) is 6. The molecule has 0 aliphatic carbocycles. The summed E-state index contributed by atoms with van der Waals surface area (Å²) in [5.74, 6) is 2.32. The maximum Gasteiger partial charge on any atom is 0.225 e. The van der Waals surface area contributed by atoms with E-state index in [1.54, 1.807) is 0 Å². The topological polar surface area (TPSA) is 58.0 Å². The van der Waals surface area contributed by atoms with Crippen molar-refractivity contribution in [2.24, 2.45) is 0 Å². The quantitative estimate of drug-likeness (QED) is 0.853. The van der Waals surface area contributed by atoms with Crippen LogP contribution >= 0.6 is 0 Å². The highest BCUT2D eigenvalue weighted by Crippen LogP contribution is 2.26. The largest absolute Gasteiger partial charge is 0.341 e. The van der Waals surface area contributed by atoms with Gasteiger partial charge in [-0.15, -0.1) is 0 Å². The Morgan fingerprint density at radius 3 is 2.56 bits per heavy atom. The normalized spacial score (nSPS) is 21.2. The molecule has 2 aromatic heterocycles. The van der Waals surface area contributed by atoms with Gasteiger partial charge < -0.3 is 4.90 Å². The summed E-state index contributed by atoms with van der Waals surface area (Å²) < 4.78 is 0. The lowest BCUT2D eigenvalue weighted by molar-refractivity contribution is 0.321. The van der Waals surface area contributed by atoms with Gasteiger partial charge in [-0.2, -0.15) is 0 Å². The Balaban J connectivity index is 1.41. The van der Waals surface area contributed by atoms with E-state index in [0.717, 1.165) is 68.0 Å². The molecule has 0 amide bonds. The predicted octanol–water partition coefficient (Wildman–Crippen LogP) is 2.47. The monoisotopic (exact) mass is 338 g/mol. The summed E-state index contributed by atoms with van der Waals surface area (Å²) in [6, 6.07) is 4.08. The van der Waals surface area contributed by atoms with Gasteiger partial charge in [-0.05, 0) is 51.8 Å². The van der Waals surface area contributed by atoms with Crippen molar-refractivity contribution in [1.29, 1.82) is 0 Å². The molecule has 0 radical (unpaired) electrons. The van der Waals surface area contributed by atoms with Crippen molar-refractivity contribution in [3.63, 3.8) is 0 Å². The number of hydrogen-bond donors (Lipinski definition) is 0. The first-order valence-corrected chi connectivity index (χ1v) is 9.29. The highest BCUT2D eigenvalue weighted by Gasteiger charge is 2.26. The molecule has 132 valence electrons. The van der Waals surface area contributed by atoms with E-state index >= 15 is 0 Å². The van der Waals surface area contributed by atoms with E-state index in [2.05, 4.69) is 24.8 Å². The maximum absolute atomic E-state index is 4.79. The van der Waals surface area contributed by atoms with Crippen molar-refractivity contribution in [3.05, 3.63) is 41.2 Å². The number of likely N-dealkylation sites (tertiary alicyclic amines) is 1. The summed E-state index contributed by atoms with van der Waals surface area (Å²) in [4.78, 5) is 23.3. The second-order valence-electron chi connectivity index (χ2n) is 7.27. The molecule has 0 bridgehead atoms. The first-order chi connectivity index (χ1) is 12.2. The molecule has 1 atom stereocenters. The van der Waals surface area contributed by atoms with Gasteiger partial charge in [0.15, 0.2) is 0 Å². The molecular formula is C19H26N6. The molecule has 25 heavy (non-hydrogen) atoms. The summed E-state index contributed by atoms with van der Waals surface area (Å²) in [5.41, 5.74) is 3.23. The Hall–Kier alpha value is -2.08. The summed E-state index contributed by atoms with van der Waals surface area (Å²) >= 11 is 0. The Bertz CT molecular complexity index is 720. The van der Waals surface area contributed by atoms with Crippen LogP contribution in [0.15, 0.2) is 18.3 Å². The third-order valence-electron chi connectivity index (χ3n) is 5.11. The number of aromatic nitrogens is 4. The first kappa shape index (κ1) is 16.4. The van der Waals surface area contributed by atoms with Crippen LogP contribution in [0.25, 0.3) is 0 Å². The van der Waals surface area contributed by atoms with E-state index in [1.165, 1.54) is 12.8 Å². The minimum atomic E-state index is 0.429. The van der Waals surface area contributed by atoms with Gasteiger partial charge in [-0.3, -0.25) is 4.90 Å². The van der Waals surface area contributed by atoms with Gasteiger partial charge in [0.25, 0.3) is 0 Å². The minimum absolute atomic E-state index is 0.429. The molecule has 4 heterocycles. The second-order valence-corrected chi connectivity index (χ2v) is 7.27. The van der Waals surface area contributed by atoms with Gasteiger partial charge in [0.2, 0.25) is 5.95 Å². The van der Waals surface area contributed by atoms with Gasteiger partial charge in [0, 0.05) is 49.7 Å². The smallest absolute Gasteiger partial charge is 0.225 e. The van der Waals surface area contributed by atoms with Crippen LogP contribution < -0.4 is 4.90 Å². The molecule has 0 aromatic carbocycles. The van der Waals surface area contributed by atoms with Crippen molar-refractivity contribution in [3.8, 4) is 0 Å². The third-order valence-corrected chi connectivity index (χ3v) is 5.11. The predicted molar refractivity (Wildman–Crippen MR) is 97.6 cm³/mol. The fourth-order valence-electron chi connectivity index (χ4n) is 3.89. The molecule has 2 aromatic rings. The van der Waals surface area contributed by atoms with Gasteiger partial charge in [-0.25, -0.2) is 19.9 Å². The van der Waals surface area contributed by atoms with Crippen LogP contribution in [0.4, 0.5) is 5.95 Å². The third kappa shape index (κ3) is 3.79. The second kappa shape index (κ2) is 7.04. The molecule has 0 N–H and O–H groups in total. The number of aryl methyl sites for hydroxylation is 2. The Morgan fingerprint density at radius 2 is 1.80 bits per heavy atom. The van der Waals surface area contributed by atoms with E-state index in [4.69, 9.17) is 4.98 Å². The SMILES string of the molecule is Cc1cc(C)nc(C2CCN(Cc3ccnc(N4CCCC4)n3)C2)n1. The van der Waals surface area contributed by atoms with E-state index in [1.807, 2.05) is 32.2 Å². The first-order valence-electron chi connectivity index (χ1n) is 9.29. The fraction of sp³-hybridized carbons (Fsp3) is 0.579. The van der Waals surface area contributed by atoms with E-state index < -0.39 is 0 Å². The molecule has 6 heteroatoms. The van der Waals surface area contributed by atoms with E-state index in [-0.39, 0.29) is 0 Å². The minimum Gasteiger partial charge on any atom is -0.341 e. The molecule has 1 unspecified atom stereocenters. The van der Waals surface area contributed by atoms with Crippen LogP contribution in [0.2, 0.25) is 0 Å². The Morgan fingerprint density at radius 1 is 1.04 bits per heavy atom. The molecule has 0 saturated carbocycles. The summed E-state index contributed by atoms with van der Waals surface area (Å²) in [5, 5.41) is 0. The van der Waals surface area contributed by atoms with Gasteiger partial charge in [-0.1, -0.05) is 0 Å². The number of nitrogens with zero attached hydrogens (tertiary/aromatic N) is 6. The van der Waals surface area contributed by atoms with Crippen molar-refractivity contribution in [1.82, 2.24) is 24.8 Å². The average Bonchev–Trinajstić information content (AvgIpc) is 3.26. The average molecular weight is 338 g/mol. The zero-order chi connectivity index (χ0) is 17.2. The van der Waals surface area contributed by atoms with E-state index in [0.29, 0.717) is 5.92 Å². The van der Waals surface area contributed by atoms with Gasteiger partial charge >= 0.3 is 0 Å². The molecule has 0 spiro atoms. The van der Waals surface area contributed by atoms with Crippen molar-refractivity contribution >= 4 is 5.95 Å². The Kier molecular flexibility index (Phi) is 4.61. The lowest BCUT2D eigenvalue weighted by atomic mass is 10.1. The highest BCUT2D eigenvalue weighted by atomic mass is 15.3. The lowest BCUT2D eigenvalue weighted by Gasteiger charge is -2.18. The lowest BCUT2D eigenvalue weighted by Crippen LogP contribution is -2.23. The zero-order valence-corrected chi connectivity index (χ0v) is 15.1. The number of anilines is 1. The van der Waals surface area contributed by atoms with Gasteiger partial charge in [0.1, 0.15) is 5.82 Å². The molecule has 6 nitrogen and oxygen atoms in total. The van der Waals surface area contributed by atoms with Gasteiger partial charge in [0.05, 0.1) is 5.69 Å². The molecule has 2 aliphatic heterocycles. The number of rotatable bonds is 4. The summed E-state index contributed by atoms with van der Waals surface area (Å²) in [6.45, 7) is 9.22. The standard InChI is InChI=1S/C19H26N6/c1-14-11-15(2)22-18(21-14)16-6-10-24(12-16)13-17-5-7-20-19(23-17)25-8-3-4-9-25/h5,7,11,16H,3-4,6,8-10,12-13H2,1-2H3. The highest BCUT2D eigenvalue weighted by molar-refractivity contribution is 5.31. The summed E-state index contributed by atoms with van der Waals surface area (Å²) in [6.07, 6.45) is 5.51. The fourth-order valence-corrected chi connectivity index (χ4v) is 3.89. The van der Waals surface area contributed by atoms with Crippen LogP contribution in [0.1, 0.15) is 48.1 Å². The van der Waals surface area contributed by atoms with Crippen LogP contribution in [0, 0.1) is 13.8 Å².